The highest BCUT2D eigenvalue weighted by Crippen LogP contribution is 2.77. The Bertz CT molecular complexity index is 1060. The molecule has 0 aromatic carbocycles. The van der Waals surface area contributed by atoms with Crippen LogP contribution < -0.4 is 0 Å². The molecular formula is C35H53ClO3. The third kappa shape index (κ3) is 3.91. The zero-order valence-electron chi connectivity index (χ0n) is 25.5. The zero-order chi connectivity index (χ0) is 28.0. The summed E-state index contributed by atoms with van der Waals surface area (Å²) in [5, 5.41) is 0.484. The lowest BCUT2D eigenvalue weighted by Crippen LogP contribution is -2.66. The second-order valence-electron chi connectivity index (χ2n) is 16.1. The summed E-state index contributed by atoms with van der Waals surface area (Å²) in [4.78, 5) is 13.2. The summed E-state index contributed by atoms with van der Waals surface area (Å²) in [7, 11) is 0. The van der Waals surface area contributed by atoms with Crippen molar-refractivity contribution in [1.82, 2.24) is 0 Å². The van der Waals surface area contributed by atoms with Crippen LogP contribution >= 0.6 is 11.6 Å². The molecule has 0 amide bonds. The van der Waals surface area contributed by atoms with Gasteiger partial charge in [0.15, 0.2) is 12.1 Å². The first-order valence-corrected chi connectivity index (χ1v) is 16.5. The number of allylic oxidation sites excluding steroid dienone is 3. The second kappa shape index (κ2) is 9.43. The molecule has 1 unspecified atom stereocenters. The number of carbonyl (C=O) groups is 1. The molecule has 39 heavy (non-hydrogen) atoms. The first kappa shape index (κ1) is 28.5. The van der Waals surface area contributed by atoms with E-state index in [0.717, 1.165) is 32.5 Å². The van der Waals surface area contributed by atoms with E-state index in [1.54, 1.807) is 0 Å². The molecule has 10 atom stereocenters. The molecule has 0 N–H and O–H groups in total. The van der Waals surface area contributed by atoms with Crippen molar-refractivity contribution in [3.05, 3.63) is 23.3 Å². The first-order valence-electron chi connectivity index (χ1n) is 16.1. The predicted octanol–water partition coefficient (Wildman–Crippen LogP) is 9.10. The SMILES string of the molecule is C=C(C)[C@@H]1CC[C@]2(COC3CCCCO3)CC[C@]3(C)[C@H](CC[C@@H]4[C@@]5(C)C=C(Cl)C(=O)C(C)(C)[C@@H]5CC[C@]43C)[C@@H]12. The molecular weight excluding hydrogens is 504 g/mol. The molecule has 0 radical (unpaired) electrons. The van der Waals surface area contributed by atoms with E-state index in [9.17, 15) is 4.79 Å². The molecule has 5 fully saturated rings. The maximum atomic E-state index is 13.2. The molecule has 1 heterocycles. The van der Waals surface area contributed by atoms with Gasteiger partial charge in [-0.05, 0) is 129 Å². The van der Waals surface area contributed by atoms with Crippen LogP contribution in [0.25, 0.3) is 0 Å². The van der Waals surface area contributed by atoms with Crippen LogP contribution in [0.5, 0.6) is 0 Å². The fourth-order valence-corrected chi connectivity index (χ4v) is 12.5. The van der Waals surface area contributed by atoms with E-state index < -0.39 is 5.41 Å². The Kier molecular flexibility index (Phi) is 6.89. The van der Waals surface area contributed by atoms with Crippen molar-refractivity contribution in [2.75, 3.05) is 13.2 Å². The summed E-state index contributed by atoms with van der Waals surface area (Å²) in [6, 6.07) is 0. The summed E-state index contributed by atoms with van der Waals surface area (Å²) >= 11 is 6.73. The molecule has 0 spiro atoms. The minimum absolute atomic E-state index is 0.0108. The molecule has 6 aliphatic rings. The van der Waals surface area contributed by atoms with E-state index in [2.05, 4.69) is 54.2 Å². The Balaban J connectivity index is 1.35. The number of hydrogen-bond acceptors (Lipinski definition) is 3. The van der Waals surface area contributed by atoms with Gasteiger partial charge in [-0.3, -0.25) is 4.79 Å². The highest BCUT2D eigenvalue weighted by Gasteiger charge is 2.70. The number of fused-ring (bicyclic) bond motifs is 7. The average Bonchev–Trinajstić information content (AvgIpc) is 3.27. The van der Waals surface area contributed by atoms with Crippen LogP contribution in [0.15, 0.2) is 23.3 Å². The molecule has 0 aromatic heterocycles. The Morgan fingerprint density at radius 3 is 2.44 bits per heavy atom. The van der Waals surface area contributed by atoms with E-state index in [0.29, 0.717) is 34.6 Å². The van der Waals surface area contributed by atoms with E-state index in [4.69, 9.17) is 21.1 Å². The molecule has 1 saturated heterocycles. The predicted molar refractivity (Wildman–Crippen MR) is 158 cm³/mol. The van der Waals surface area contributed by atoms with Crippen molar-refractivity contribution in [2.24, 2.45) is 56.7 Å². The number of ether oxygens (including phenoxy) is 2. The number of carbonyl (C=O) groups excluding carboxylic acids is 1. The molecule has 3 nitrogen and oxygen atoms in total. The number of Topliss-reactive ketones (excluding diaryl/α,β-unsaturated/α-hetero) is 1. The topological polar surface area (TPSA) is 35.5 Å². The minimum Gasteiger partial charge on any atom is -0.353 e. The van der Waals surface area contributed by atoms with Gasteiger partial charge in [0.2, 0.25) is 0 Å². The van der Waals surface area contributed by atoms with Crippen LogP contribution in [0.4, 0.5) is 0 Å². The van der Waals surface area contributed by atoms with Crippen LogP contribution in [-0.2, 0) is 14.3 Å². The number of ketones is 1. The van der Waals surface area contributed by atoms with Gasteiger partial charge in [0, 0.05) is 12.0 Å². The number of halogens is 1. The lowest BCUT2D eigenvalue weighted by atomic mass is 9.33. The van der Waals surface area contributed by atoms with Gasteiger partial charge < -0.3 is 9.47 Å². The van der Waals surface area contributed by atoms with Crippen molar-refractivity contribution in [3.8, 4) is 0 Å². The minimum atomic E-state index is -0.392. The van der Waals surface area contributed by atoms with Crippen LogP contribution in [0.2, 0.25) is 0 Å². The van der Waals surface area contributed by atoms with E-state index in [1.807, 2.05) is 0 Å². The van der Waals surface area contributed by atoms with Gasteiger partial charge in [-0.1, -0.05) is 64.4 Å². The maximum absolute atomic E-state index is 13.2. The molecule has 0 aromatic rings. The lowest BCUT2D eigenvalue weighted by molar-refractivity contribution is -0.235. The van der Waals surface area contributed by atoms with Crippen molar-refractivity contribution in [3.63, 3.8) is 0 Å². The highest BCUT2D eigenvalue weighted by molar-refractivity contribution is 6.43. The Morgan fingerprint density at radius 2 is 1.74 bits per heavy atom. The summed E-state index contributed by atoms with van der Waals surface area (Å²) in [5.41, 5.74) is 1.70. The van der Waals surface area contributed by atoms with Crippen molar-refractivity contribution in [1.29, 1.82) is 0 Å². The van der Waals surface area contributed by atoms with Crippen LogP contribution in [0, 0.1) is 56.7 Å². The molecule has 1 aliphatic heterocycles. The summed E-state index contributed by atoms with van der Waals surface area (Å²) in [6.45, 7) is 20.6. The van der Waals surface area contributed by atoms with Gasteiger partial charge in [-0.15, -0.1) is 0 Å². The largest absolute Gasteiger partial charge is 0.353 e. The zero-order valence-corrected chi connectivity index (χ0v) is 26.3. The van der Waals surface area contributed by atoms with Gasteiger partial charge in [0.1, 0.15) is 0 Å². The summed E-state index contributed by atoms with van der Waals surface area (Å²) in [5.74, 6) is 2.98. The molecule has 6 rings (SSSR count). The Morgan fingerprint density at radius 1 is 0.974 bits per heavy atom. The smallest absolute Gasteiger partial charge is 0.179 e. The van der Waals surface area contributed by atoms with Crippen molar-refractivity contribution >= 4 is 17.4 Å². The van der Waals surface area contributed by atoms with E-state index >= 15 is 0 Å². The molecule has 5 aliphatic carbocycles. The lowest BCUT2D eigenvalue weighted by Gasteiger charge is -2.71. The summed E-state index contributed by atoms with van der Waals surface area (Å²) in [6.07, 6.45) is 15.5. The van der Waals surface area contributed by atoms with Crippen LogP contribution in [0.3, 0.4) is 0 Å². The van der Waals surface area contributed by atoms with Gasteiger partial charge in [-0.25, -0.2) is 0 Å². The monoisotopic (exact) mass is 556 g/mol. The molecule has 4 saturated carbocycles. The van der Waals surface area contributed by atoms with Crippen molar-refractivity contribution < 1.29 is 14.3 Å². The molecule has 4 heteroatoms. The van der Waals surface area contributed by atoms with Gasteiger partial charge in [0.25, 0.3) is 0 Å². The fraction of sp³-hybridized carbons (Fsp3) is 0.857. The summed E-state index contributed by atoms with van der Waals surface area (Å²) < 4.78 is 12.6. The van der Waals surface area contributed by atoms with E-state index in [1.165, 1.54) is 56.9 Å². The Labute approximate surface area is 242 Å². The van der Waals surface area contributed by atoms with Gasteiger partial charge in [0.05, 0.1) is 11.6 Å². The second-order valence-corrected chi connectivity index (χ2v) is 16.5. The third-order valence-corrected chi connectivity index (χ3v) is 14.5. The average molecular weight is 557 g/mol. The number of rotatable bonds is 4. The molecule has 0 bridgehead atoms. The van der Waals surface area contributed by atoms with E-state index in [-0.39, 0.29) is 33.7 Å². The quantitative estimate of drug-likeness (QED) is 0.324. The van der Waals surface area contributed by atoms with Crippen LogP contribution in [0.1, 0.15) is 112 Å². The molecule has 218 valence electrons. The standard InChI is InChI=1S/C35H53ClO3/c1-22(2)23-13-16-35(21-39-28-10-8-9-19-38-28)18-17-33(6)24(29(23)35)11-12-27-32(5)20-25(36)30(37)31(3,4)26(32)14-15-34(27,33)7/h20,23-24,26-29H,1,8-19,21H2,2-7H3/t23-,24+,26-,27+,28?,29+,32-,33+,34+,35+/m0/s1. The fourth-order valence-electron chi connectivity index (χ4n) is 12.1. The first-order chi connectivity index (χ1) is 18.3. The maximum Gasteiger partial charge on any atom is 0.179 e. The highest BCUT2D eigenvalue weighted by atomic mass is 35.5. The van der Waals surface area contributed by atoms with Gasteiger partial charge in [-0.2, -0.15) is 0 Å². The van der Waals surface area contributed by atoms with Crippen LogP contribution in [-0.4, -0.2) is 25.3 Å². The third-order valence-electron chi connectivity index (χ3n) is 14.2. The van der Waals surface area contributed by atoms with Crippen molar-refractivity contribution in [2.45, 2.75) is 118 Å². The number of hydrogen-bond donors (Lipinski definition) is 0. The normalized spacial score (nSPS) is 50.7. The Hall–Kier alpha value is -0.640. The van der Waals surface area contributed by atoms with Gasteiger partial charge >= 0.3 is 0 Å².